The molecule has 3 aliphatic heterocycles. The van der Waals surface area contributed by atoms with Crippen molar-refractivity contribution in [1.82, 2.24) is 14.3 Å². The summed E-state index contributed by atoms with van der Waals surface area (Å²) in [6.07, 6.45) is 4.57. The van der Waals surface area contributed by atoms with E-state index in [9.17, 15) is 22.8 Å². The molecule has 36 heavy (non-hydrogen) atoms. The number of rotatable bonds is 4. The van der Waals surface area contributed by atoms with E-state index in [0.29, 0.717) is 43.8 Å². The molecule has 1 atom stereocenters. The van der Waals surface area contributed by atoms with E-state index in [2.05, 4.69) is 0 Å². The van der Waals surface area contributed by atoms with Crippen LogP contribution < -0.4 is 16.2 Å². The molecule has 190 valence electrons. The van der Waals surface area contributed by atoms with Crippen LogP contribution in [0, 0.1) is 12.8 Å². The molecule has 13 heteroatoms. The molecule has 0 bridgehead atoms. The number of thiocarbonyl (C=S) groups is 1. The zero-order valence-corrected chi connectivity index (χ0v) is 22.0. The molecule has 5 heterocycles. The lowest BCUT2D eigenvalue weighted by molar-refractivity contribution is -0.123. The molecule has 2 N–H and O–H groups in total. The number of amides is 2. The maximum Gasteiger partial charge on any atom is 0.267 e. The van der Waals surface area contributed by atoms with E-state index in [0.717, 1.165) is 17.3 Å². The van der Waals surface area contributed by atoms with Crippen LogP contribution in [0.4, 0.5) is 5.82 Å². The number of primary amides is 1. The van der Waals surface area contributed by atoms with Gasteiger partial charge in [0.2, 0.25) is 5.91 Å². The fourth-order valence-corrected chi connectivity index (χ4v) is 8.03. The van der Waals surface area contributed by atoms with Gasteiger partial charge in [-0.1, -0.05) is 30.0 Å². The van der Waals surface area contributed by atoms with Gasteiger partial charge < -0.3 is 10.6 Å². The van der Waals surface area contributed by atoms with Gasteiger partial charge in [-0.2, -0.15) is 0 Å². The third kappa shape index (κ3) is 4.43. The van der Waals surface area contributed by atoms with Crippen LogP contribution in [0.1, 0.15) is 30.4 Å². The molecule has 0 saturated carbocycles. The monoisotopic (exact) mass is 547 g/mol. The molecule has 3 aliphatic rings. The fourth-order valence-electron chi connectivity index (χ4n) is 4.95. The number of carbonyl (C=O) groups excluding carboxylic acids is 2. The lowest BCUT2D eigenvalue weighted by Gasteiger charge is -2.32. The van der Waals surface area contributed by atoms with Gasteiger partial charge >= 0.3 is 0 Å². The third-order valence-electron chi connectivity index (χ3n) is 6.93. The maximum atomic E-state index is 13.6. The summed E-state index contributed by atoms with van der Waals surface area (Å²) < 4.78 is 25.7. The first-order valence-corrected chi connectivity index (χ1v) is 14.6. The fraction of sp³-hybridized carbons (Fsp3) is 0.435. The number of nitrogens with zero attached hydrogens (tertiary/aromatic N) is 4. The van der Waals surface area contributed by atoms with Gasteiger partial charge in [0.15, 0.2) is 9.84 Å². The van der Waals surface area contributed by atoms with Crippen LogP contribution in [0.2, 0.25) is 0 Å². The first-order chi connectivity index (χ1) is 17.1. The Morgan fingerprint density at radius 3 is 2.61 bits per heavy atom. The van der Waals surface area contributed by atoms with E-state index in [4.69, 9.17) is 22.9 Å². The summed E-state index contributed by atoms with van der Waals surface area (Å²) in [5.41, 5.74) is 6.74. The van der Waals surface area contributed by atoms with Gasteiger partial charge in [0.1, 0.15) is 15.8 Å². The highest BCUT2D eigenvalue weighted by Gasteiger charge is 2.42. The van der Waals surface area contributed by atoms with Crippen LogP contribution in [-0.2, 0) is 19.4 Å². The van der Waals surface area contributed by atoms with Gasteiger partial charge in [-0.25, -0.2) is 13.4 Å². The van der Waals surface area contributed by atoms with E-state index in [-0.39, 0.29) is 43.7 Å². The molecule has 0 spiro atoms. The van der Waals surface area contributed by atoms with Crippen molar-refractivity contribution in [3.8, 4) is 0 Å². The first-order valence-electron chi connectivity index (χ1n) is 11.6. The molecule has 0 aromatic carbocycles. The highest BCUT2D eigenvalue weighted by atomic mass is 32.2. The van der Waals surface area contributed by atoms with Gasteiger partial charge in [0, 0.05) is 25.2 Å². The molecule has 1 unspecified atom stereocenters. The number of hydrogen-bond acceptors (Lipinski definition) is 9. The predicted molar refractivity (Wildman–Crippen MR) is 142 cm³/mol. The zero-order chi connectivity index (χ0) is 25.8. The minimum Gasteiger partial charge on any atom is -0.369 e. The highest BCUT2D eigenvalue weighted by Crippen LogP contribution is 2.37. The van der Waals surface area contributed by atoms with Gasteiger partial charge in [-0.15, -0.1) is 0 Å². The summed E-state index contributed by atoms with van der Waals surface area (Å²) in [5.74, 6) is -0.632. The summed E-state index contributed by atoms with van der Waals surface area (Å²) in [7, 11) is -3.21. The van der Waals surface area contributed by atoms with Crippen LogP contribution in [-0.4, -0.2) is 69.5 Å². The molecule has 5 rings (SSSR count). The Kier molecular flexibility index (Phi) is 6.41. The number of thioether (sulfide) groups is 1. The number of piperidine rings is 1. The van der Waals surface area contributed by atoms with E-state index >= 15 is 0 Å². The molecule has 0 aliphatic carbocycles. The van der Waals surface area contributed by atoms with Gasteiger partial charge in [0.25, 0.3) is 11.5 Å². The number of anilines is 1. The maximum absolute atomic E-state index is 13.6. The van der Waals surface area contributed by atoms with Crippen molar-refractivity contribution >= 4 is 67.5 Å². The second-order valence-corrected chi connectivity index (χ2v) is 13.2. The van der Waals surface area contributed by atoms with E-state index < -0.39 is 21.8 Å². The summed E-state index contributed by atoms with van der Waals surface area (Å²) >= 11 is 6.48. The molecule has 2 aromatic rings. The number of aryl methyl sites for hydroxylation is 1. The van der Waals surface area contributed by atoms with Crippen molar-refractivity contribution in [1.29, 1.82) is 0 Å². The van der Waals surface area contributed by atoms with Crippen molar-refractivity contribution in [3.05, 3.63) is 44.7 Å². The number of carbonyl (C=O) groups is 2. The summed E-state index contributed by atoms with van der Waals surface area (Å²) in [6.45, 7) is 2.85. The Balaban J connectivity index is 1.57. The topological polar surface area (TPSA) is 135 Å². The number of nitrogens with two attached hydrogens (primary N) is 1. The lowest BCUT2D eigenvalue weighted by Crippen LogP contribution is -2.40. The molecule has 2 aromatic heterocycles. The van der Waals surface area contributed by atoms with Gasteiger partial charge in [-0.3, -0.25) is 23.7 Å². The minimum atomic E-state index is -3.21. The molecule has 3 saturated heterocycles. The minimum absolute atomic E-state index is 0.0223. The Bertz CT molecular complexity index is 1490. The molecular weight excluding hydrogens is 522 g/mol. The SMILES string of the molecule is Cc1cccn2c(=O)c(/C=C3/SC(=S)N(C4CCS(=O)(=O)C4)C3=O)c(N3CCC(C(N)=O)CC3)nc12. The molecular formula is C23H25N5O5S3. The Hall–Kier alpha value is -2.77. The number of pyridine rings is 1. The Morgan fingerprint density at radius 2 is 1.97 bits per heavy atom. The number of aromatic nitrogens is 2. The normalized spacial score (nSPS) is 23.8. The predicted octanol–water partition coefficient (Wildman–Crippen LogP) is 1.09. The average Bonchev–Trinajstić information content (AvgIpc) is 3.32. The lowest BCUT2D eigenvalue weighted by atomic mass is 9.96. The van der Waals surface area contributed by atoms with E-state index in [1.807, 2.05) is 17.9 Å². The third-order valence-corrected chi connectivity index (χ3v) is 10.0. The van der Waals surface area contributed by atoms with Crippen molar-refractivity contribution < 1.29 is 18.0 Å². The van der Waals surface area contributed by atoms with E-state index in [1.165, 1.54) is 15.4 Å². The molecule has 0 radical (unpaired) electrons. The van der Waals surface area contributed by atoms with Crippen molar-refractivity contribution in [3.63, 3.8) is 0 Å². The Labute approximate surface area is 217 Å². The first kappa shape index (κ1) is 24.9. The number of fused-ring (bicyclic) bond motifs is 1. The summed E-state index contributed by atoms with van der Waals surface area (Å²) in [6, 6.07) is 3.12. The van der Waals surface area contributed by atoms with Crippen molar-refractivity contribution in [2.75, 3.05) is 29.5 Å². The number of sulfone groups is 1. The highest BCUT2D eigenvalue weighted by molar-refractivity contribution is 8.26. The van der Waals surface area contributed by atoms with Crippen LogP contribution in [0.15, 0.2) is 28.0 Å². The van der Waals surface area contributed by atoms with Gasteiger partial charge in [0.05, 0.1) is 28.0 Å². The molecule has 2 amide bonds. The van der Waals surface area contributed by atoms with Crippen LogP contribution in [0.3, 0.4) is 0 Å². The van der Waals surface area contributed by atoms with Crippen LogP contribution >= 0.6 is 24.0 Å². The largest absolute Gasteiger partial charge is 0.369 e. The zero-order valence-electron chi connectivity index (χ0n) is 19.5. The molecule has 3 fully saturated rings. The van der Waals surface area contributed by atoms with E-state index in [1.54, 1.807) is 12.3 Å². The molecule has 10 nitrogen and oxygen atoms in total. The number of hydrogen-bond donors (Lipinski definition) is 1. The summed E-state index contributed by atoms with van der Waals surface area (Å²) in [5, 5.41) is 0. The summed E-state index contributed by atoms with van der Waals surface area (Å²) in [4.78, 5) is 47.0. The second-order valence-electron chi connectivity index (χ2n) is 9.31. The standard InChI is InChI=1S/C23H25N5O5S3/c1-13-3-2-7-27-19(13)25-20(26-8-4-14(5-9-26)18(24)29)16(21(27)30)11-17-22(31)28(23(34)35-17)15-6-10-36(32,33)12-15/h2-3,7,11,14-15H,4-6,8-10,12H2,1H3,(H2,24,29)/b17-11+. The Morgan fingerprint density at radius 1 is 1.25 bits per heavy atom. The van der Waals surface area contributed by atoms with Crippen molar-refractivity contribution in [2.45, 2.75) is 32.2 Å². The smallest absolute Gasteiger partial charge is 0.267 e. The van der Waals surface area contributed by atoms with Gasteiger partial charge in [-0.05, 0) is 43.9 Å². The van der Waals surface area contributed by atoms with Crippen molar-refractivity contribution in [2.24, 2.45) is 11.7 Å². The van der Waals surface area contributed by atoms with Crippen LogP contribution in [0.5, 0.6) is 0 Å². The quantitative estimate of drug-likeness (QED) is 0.441. The van der Waals surface area contributed by atoms with Crippen LogP contribution in [0.25, 0.3) is 11.7 Å². The average molecular weight is 548 g/mol. The second kappa shape index (κ2) is 9.27.